The Labute approximate surface area is 130 Å². The van der Waals surface area contributed by atoms with Gasteiger partial charge in [0.2, 0.25) is 0 Å². The molecule has 2 aromatic heterocycles. The average Bonchev–Trinajstić information content (AvgIpc) is 2.80. The highest BCUT2D eigenvalue weighted by molar-refractivity contribution is 9.10. The molecule has 1 aromatic carbocycles. The quantitative estimate of drug-likeness (QED) is 0.774. The molecule has 0 saturated heterocycles. The van der Waals surface area contributed by atoms with Crippen LogP contribution in [0.1, 0.15) is 5.69 Å². The average molecular weight is 348 g/mol. The summed E-state index contributed by atoms with van der Waals surface area (Å²) < 4.78 is 3.23. The molecule has 3 rings (SSSR count). The summed E-state index contributed by atoms with van der Waals surface area (Å²) in [6.45, 7) is 0.796. The summed E-state index contributed by atoms with van der Waals surface area (Å²) in [7, 11) is 1.95. The second-order valence-electron chi connectivity index (χ2n) is 4.38. The van der Waals surface area contributed by atoms with Crippen LogP contribution in [0.4, 0.5) is 0 Å². The molecule has 0 aliphatic heterocycles. The predicted molar refractivity (Wildman–Crippen MR) is 86.2 cm³/mol. The van der Waals surface area contributed by atoms with Crippen LogP contribution in [0, 0.1) is 0 Å². The first kappa shape index (κ1) is 13.7. The van der Waals surface area contributed by atoms with Gasteiger partial charge in [0.15, 0.2) is 0 Å². The molecule has 3 aromatic rings. The standard InChI is InChI=1S/C15H14BrN3S/c1-17-10-13-15(18-14-4-2-3-9-19(13)14)20-12-7-5-11(16)6-8-12/h2-9,17H,10H2,1H3. The monoisotopic (exact) mass is 347 g/mol. The first-order valence-corrected chi connectivity index (χ1v) is 7.93. The number of imidazole rings is 1. The fourth-order valence-electron chi connectivity index (χ4n) is 2.05. The van der Waals surface area contributed by atoms with Gasteiger partial charge in [0.1, 0.15) is 10.7 Å². The van der Waals surface area contributed by atoms with E-state index in [1.54, 1.807) is 11.8 Å². The molecule has 5 heteroatoms. The molecule has 0 fully saturated rings. The molecule has 0 atom stereocenters. The Bertz CT molecular complexity index is 722. The number of rotatable bonds is 4. The van der Waals surface area contributed by atoms with Gasteiger partial charge in [-0.3, -0.25) is 0 Å². The molecular formula is C15H14BrN3S. The van der Waals surface area contributed by atoms with E-state index < -0.39 is 0 Å². The Morgan fingerprint density at radius 2 is 2.00 bits per heavy atom. The lowest BCUT2D eigenvalue weighted by atomic mass is 10.4. The zero-order chi connectivity index (χ0) is 13.9. The lowest BCUT2D eigenvalue weighted by Gasteiger charge is -2.04. The predicted octanol–water partition coefficient (Wildman–Crippen LogP) is 3.97. The summed E-state index contributed by atoms with van der Waals surface area (Å²) in [4.78, 5) is 5.91. The minimum atomic E-state index is 0.796. The molecule has 0 aliphatic carbocycles. The van der Waals surface area contributed by atoms with E-state index >= 15 is 0 Å². The minimum Gasteiger partial charge on any atom is -0.314 e. The molecule has 1 N–H and O–H groups in total. The molecule has 0 amide bonds. The fraction of sp³-hybridized carbons (Fsp3) is 0.133. The highest BCUT2D eigenvalue weighted by atomic mass is 79.9. The van der Waals surface area contributed by atoms with Gasteiger partial charge < -0.3 is 9.72 Å². The molecule has 3 nitrogen and oxygen atoms in total. The van der Waals surface area contributed by atoms with Crippen LogP contribution in [-0.4, -0.2) is 16.4 Å². The third kappa shape index (κ3) is 2.75. The van der Waals surface area contributed by atoms with Crippen molar-refractivity contribution in [2.75, 3.05) is 7.05 Å². The number of pyridine rings is 1. The Balaban J connectivity index is 2.01. The molecule has 0 spiro atoms. The van der Waals surface area contributed by atoms with Crippen molar-refractivity contribution >= 4 is 33.3 Å². The van der Waals surface area contributed by atoms with Gasteiger partial charge in [-0.1, -0.05) is 33.8 Å². The van der Waals surface area contributed by atoms with Crippen LogP contribution < -0.4 is 5.32 Å². The molecular weight excluding hydrogens is 334 g/mol. The van der Waals surface area contributed by atoms with Crippen LogP contribution in [0.5, 0.6) is 0 Å². The van der Waals surface area contributed by atoms with Gasteiger partial charge >= 0.3 is 0 Å². The van der Waals surface area contributed by atoms with Gasteiger partial charge in [-0.2, -0.15) is 0 Å². The first-order valence-electron chi connectivity index (χ1n) is 6.32. The summed E-state index contributed by atoms with van der Waals surface area (Å²) in [6, 6.07) is 14.4. The maximum atomic E-state index is 4.72. The second kappa shape index (κ2) is 5.99. The molecule has 0 aliphatic rings. The zero-order valence-electron chi connectivity index (χ0n) is 11.0. The van der Waals surface area contributed by atoms with Gasteiger partial charge in [0.05, 0.1) is 5.69 Å². The number of halogens is 1. The van der Waals surface area contributed by atoms with Crippen LogP contribution in [0.3, 0.4) is 0 Å². The van der Waals surface area contributed by atoms with E-state index in [4.69, 9.17) is 4.98 Å². The summed E-state index contributed by atoms with van der Waals surface area (Å²) in [6.07, 6.45) is 2.06. The number of hydrogen-bond donors (Lipinski definition) is 1. The van der Waals surface area contributed by atoms with Crippen molar-refractivity contribution in [2.45, 2.75) is 16.5 Å². The second-order valence-corrected chi connectivity index (χ2v) is 6.36. The van der Waals surface area contributed by atoms with Crippen molar-refractivity contribution in [1.29, 1.82) is 0 Å². The first-order chi connectivity index (χ1) is 9.78. The maximum absolute atomic E-state index is 4.72. The van der Waals surface area contributed by atoms with E-state index in [1.807, 2.05) is 25.2 Å². The van der Waals surface area contributed by atoms with Crippen molar-refractivity contribution in [1.82, 2.24) is 14.7 Å². The van der Waals surface area contributed by atoms with E-state index in [2.05, 4.69) is 56.1 Å². The number of aromatic nitrogens is 2. The van der Waals surface area contributed by atoms with E-state index in [0.29, 0.717) is 0 Å². The Kier molecular flexibility index (Phi) is 4.10. The van der Waals surface area contributed by atoms with Crippen molar-refractivity contribution in [3.05, 3.63) is 58.8 Å². The van der Waals surface area contributed by atoms with Crippen molar-refractivity contribution in [3.63, 3.8) is 0 Å². The smallest absolute Gasteiger partial charge is 0.138 e. The highest BCUT2D eigenvalue weighted by Crippen LogP contribution is 2.31. The van der Waals surface area contributed by atoms with Crippen molar-refractivity contribution in [3.8, 4) is 0 Å². The number of hydrogen-bond acceptors (Lipinski definition) is 3. The van der Waals surface area contributed by atoms with Crippen LogP contribution in [0.25, 0.3) is 5.65 Å². The number of nitrogens with zero attached hydrogens (tertiary/aromatic N) is 2. The molecule has 2 heterocycles. The SMILES string of the molecule is CNCc1c(Sc2ccc(Br)cc2)nc2ccccn12. The third-order valence-corrected chi connectivity index (χ3v) is 4.52. The third-order valence-electron chi connectivity index (χ3n) is 2.96. The van der Waals surface area contributed by atoms with Crippen LogP contribution in [0.15, 0.2) is 63.1 Å². The van der Waals surface area contributed by atoms with Gasteiger partial charge in [0.25, 0.3) is 0 Å². The molecule has 0 unspecified atom stereocenters. The van der Waals surface area contributed by atoms with Gasteiger partial charge in [-0.15, -0.1) is 0 Å². The van der Waals surface area contributed by atoms with Gasteiger partial charge in [0, 0.05) is 22.1 Å². The van der Waals surface area contributed by atoms with Crippen LogP contribution in [-0.2, 0) is 6.54 Å². The fourth-order valence-corrected chi connectivity index (χ4v) is 3.24. The number of fused-ring (bicyclic) bond motifs is 1. The van der Waals surface area contributed by atoms with Gasteiger partial charge in [-0.25, -0.2) is 4.98 Å². The van der Waals surface area contributed by atoms with Gasteiger partial charge in [-0.05, 0) is 43.4 Å². The largest absolute Gasteiger partial charge is 0.314 e. The van der Waals surface area contributed by atoms with Crippen LogP contribution >= 0.6 is 27.7 Å². The molecule has 102 valence electrons. The minimum absolute atomic E-state index is 0.796. The zero-order valence-corrected chi connectivity index (χ0v) is 13.4. The summed E-state index contributed by atoms with van der Waals surface area (Å²) in [5.74, 6) is 0. The lowest BCUT2D eigenvalue weighted by Crippen LogP contribution is -2.08. The topological polar surface area (TPSA) is 29.3 Å². The summed E-state index contributed by atoms with van der Waals surface area (Å²) in [5.41, 5.74) is 2.17. The number of benzene rings is 1. The normalized spacial score (nSPS) is 11.1. The molecule has 20 heavy (non-hydrogen) atoms. The van der Waals surface area contributed by atoms with E-state index in [-0.39, 0.29) is 0 Å². The van der Waals surface area contributed by atoms with Crippen LogP contribution in [0.2, 0.25) is 0 Å². The Hall–Kier alpha value is -1.30. The Morgan fingerprint density at radius 3 is 2.75 bits per heavy atom. The highest BCUT2D eigenvalue weighted by Gasteiger charge is 2.12. The van der Waals surface area contributed by atoms with E-state index in [1.165, 1.54) is 10.6 Å². The summed E-state index contributed by atoms with van der Waals surface area (Å²) in [5, 5.41) is 4.26. The summed E-state index contributed by atoms with van der Waals surface area (Å²) >= 11 is 5.16. The maximum Gasteiger partial charge on any atom is 0.138 e. The molecule has 0 bridgehead atoms. The molecule has 0 radical (unpaired) electrons. The van der Waals surface area contributed by atoms with Crippen molar-refractivity contribution < 1.29 is 0 Å². The van der Waals surface area contributed by atoms with E-state index in [9.17, 15) is 0 Å². The van der Waals surface area contributed by atoms with E-state index in [0.717, 1.165) is 21.7 Å². The lowest BCUT2D eigenvalue weighted by molar-refractivity contribution is 0.764. The molecule has 0 saturated carbocycles. The Morgan fingerprint density at radius 1 is 1.20 bits per heavy atom. The number of nitrogens with one attached hydrogen (secondary N) is 1. The van der Waals surface area contributed by atoms with Crippen molar-refractivity contribution in [2.24, 2.45) is 0 Å².